The highest BCUT2D eigenvalue weighted by atomic mass is 16.5. The Morgan fingerprint density at radius 3 is 2.09 bits per heavy atom. The second kappa shape index (κ2) is 8.54. The molecule has 2 aromatic rings. The molecule has 118 valence electrons. The van der Waals surface area contributed by atoms with E-state index in [1.54, 1.807) is 0 Å². The molecule has 0 saturated carbocycles. The number of nitrogens with one attached hydrogen (secondary N) is 1. The molecule has 0 unspecified atom stereocenters. The zero-order valence-electron chi connectivity index (χ0n) is 12.8. The van der Waals surface area contributed by atoms with Crippen LogP contribution in [0.25, 0.3) is 0 Å². The molecule has 23 heavy (non-hydrogen) atoms. The lowest BCUT2D eigenvalue weighted by Gasteiger charge is -2.08. The van der Waals surface area contributed by atoms with E-state index in [1.165, 1.54) is 0 Å². The molecule has 2 aromatic carbocycles. The largest absolute Gasteiger partial charge is 0.460 e. The van der Waals surface area contributed by atoms with Crippen molar-refractivity contribution in [2.24, 2.45) is 0 Å². The predicted molar refractivity (Wildman–Crippen MR) is 88.5 cm³/mol. The van der Waals surface area contributed by atoms with Gasteiger partial charge >= 0.3 is 5.97 Å². The number of esters is 1. The standard InChI is InChI=1S/C19H19NO3/c1-15(12-16-8-4-2-5-9-16)19(22)20-13-18(21)23-14-17-10-6-3-7-11-17/h2-11H,1,12-14H2,(H,20,22). The Morgan fingerprint density at radius 2 is 1.48 bits per heavy atom. The molecule has 2 rings (SSSR count). The number of hydrogen-bond donors (Lipinski definition) is 1. The summed E-state index contributed by atoms with van der Waals surface area (Å²) in [6, 6.07) is 18.9. The third kappa shape index (κ3) is 5.79. The summed E-state index contributed by atoms with van der Waals surface area (Å²) in [5.74, 6) is -0.819. The maximum Gasteiger partial charge on any atom is 0.325 e. The Bertz CT molecular complexity index is 666. The molecule has 0 aromatic heterocycles. The van der Waals surface area contributed by atoms with Gasteiger partial charge in [-0.15, -0.1) is 0 Å². The van der Waals surface area contributed by atoms with Crippen LogP contribution < -0.4 is 5.32 Å². The Morgan fingerprint density at radius 1 is 0.913 bits per heavy atom. The van der Waals surface area contributed by atoms with Crippen LogP contribution in [0.1, 0.15) is 11.1 Å². The summed E-state index contributed by atoms with van der Waals surface area (Å²) in [7, 11) is 0. The molecule has 0 aliphatic heterocycles. The molecular weight excluding hydrogens is 290 g/mol. The van der Waals surface area contributed by atoms with Crippen LogP contribution in [0.15, 0.2) is 72.8 Å². The van der Waals surface area contributed by atoms with Crippen molar-refractivity contribution in [3.8, 4) is 0 Å². The normalized spacial score (nSPS) is 9.91. The zero-order chi connectivity index (χ0) is 16.5. The van der Waals surface area contributed by atoms with Crippen LogP contribution in [-0.4, -0.2) is 18.4 Å². The van der Waals surface area contributed by atoms with E-state index >= 15 is 0 Å². The number of rotatable bonds is 7. The molecule has 0 fully saturated rings. The predicted octanol–water partition coefficient (Wildman–Crippen LogP) is 2.64. The summed E-state index contributed by atoms with van der Waals surface area (Å²) in [4.78, 5) is 23.5. The topological polar surface area (TPSA) is 55.4 Å². The third-order valence-electron chi connectivity index (χ3n) is 3.22. The second-order valence-electron chi connectivity index (χ2n) is 5.09. The van der Waals surface area contributed by atoms with Crippen LogP contribution in [0.4, 0.5) is 0 Å². The molecule has 0 radical (unpaired) electrons. The smallest absolute Gasteiger partial charge is 0.325 e. The number of amides is 1. The first-order valence-electron chi connectivity index (χ1n) is 7.34. The van der Waals surface area contributed by atoms with E-state index in [9.17, 15) is 9.59 Å². The first-order valence-corrected chi connectivity index (χ1v) is 7.34. The molecule has 0 aliphatic carbocycles. The Balaban J connectivity index is 1.71. The molecule has 4 heteroatoms. The highest BCUT2D eigenvalue weighted by Gasteiger charge is 2.10. The van der Waals surface area contributed by atoms with E-state index < -0.39 is 5.97 Å². The van der Waals surface area contributed by atoms with Gasteiger partial charge in [0.2, 0.25) is 5.91 Å². The highest BCUT2D eigenvalue weighted by molar-refractivity contribution is 5.95. The summed E-state index contributed by atoms with van der Waals surface area (Å²) < 4.78 is 5.09. The van der Waals surface area contributed by atoms with Gasteiger partial charge in [-0.3, -0.25) is 9.59 Å². The zero-order valence-corrected chi connectivity index (χ0v) is 12.8. The van der Waals surface area contributed by atoms with E-state index in [-0.39, 0.29) is 19.1 Å². The van der Waals surface area contributed by atoms with E-state index in [1.807, 2.05) is 60.7 Å². The van der Waals surface area contributed by atoms with E-state index in [2.05, 4.69) is 11.9 Å². The second-order valence-corrected chi connectivity index (χ2v) is 5.09. The molecule has 0 bridgehead atoms. The van der Waals surface area contributed by atoms with Crippen LogP contribution >= 0.6 is 0 Å². The van der Waals surface area contributed by atoms with Crippen molar-refractivity contribution in [3.05, 3.63) is 83.9 Å². The van der Waals surface area contributed by atoms with Gasteiger partial charge in [-0.2, -0.15) is 0 Å². The third-order valence-corrected chi connectivity index (χ3v) is 3.22. The van der Waals surface area contributed by atoms with E-state index in [0.29, 0.717) is 12.0 Å². The van der Waals surface area contributed by atoms with Gasteiger partial charge in [0, 0.05) is 12.0 Å². The SMILES string of the molecule is C=C(Cc1ccccc1)C(=O)NCC(=O)OCc1ccccc1. The van der Waals surface area contributed by atoms with Crippen LogP contribution in [0.2, 0.25) is 0 Å². The molecule has 0 aliphatic rings. The molecule has 0 heterocycles. The molecule has 0 atom stereocenters. The van der Waals surface area contributed by atoms with Crippen molar-refractivity contribution in [1.82, 2.24) is 5.32 Å². The first-order chi connectivity index (χ1) is 11.1. The minimum absolute atomic E-state index is 0.167. The van der Waals surface area contributed by atoms with Gasteiger partial charge < -0.3 is 10.1 Å². The maximum atomic E-state index is 11.9. The van der Waals surface area contributed by atoms with Gasteiger partial charge in [0.05, 0.1) is 0 Å². The van der Waals surface area contributed by atoms with Crippen molar-refractivity contribution in [2.45, 2.75) is 13.0 Å². The fraction of sp³-hybridized carbons (Fsp3) is 0.158. The quantitative estimate of drug-likeness (QED) is 0.632. The molecule has 4 nitrogen and oxygen atoms in total. The van der Waals surface area contributed by atoms with Gasteiger partial charge in [-0.1, -0.05) is 67.2 Å². The van der Waals surface area contributed by atoms with Crippen molar-refractivity contribution < 1.29 is 14.3 Å². The van der Waals surface area contributed by atoms with Crippen molar-refractivity contribution >= 4 is 11.9 Å². The fourth-order valence-electron chi connectivity index (χ4n) is 1.99. The highest BCUT2D eigenvalue weighted by Crippen LogP contribution is 2.06. The van der Waals surface area contributed by atoms with Gasteiger partial charge in [-0.05, 0) is 11.1 Å². The average molecular weight is 309 g/mol. The lowest BCUT2D eigenvalue weighted by molar-refractivity contribution is -0.144. The van der Waals surface area contributed by atoms with Crippen molar-refractivity contribution in [1.29, 1.82) is 0 Å². The number of ether oxygens (including phenoxy) is 1. The average Bonchev–Trinajstić information content (AvgIpc) is 2.59. The van der Waals surface area contributed by atoms with Gasteiger partial charge in [0.15, 0.2) is 0 Å². The Kier molecular flexibility index (Phi) is 6.12. The van der Waals surface area contributed by atoms with Crippen LogP contribution in [0, 0.1) is 0 Å². The van der Waals surface area contributed by atoms with E-state index in [0.717, 1.165) is 11.1 Å². The van der Waals surface area contributed by atoms with Crippen molar-refractivity contribution in [2.75, 3.05) is 6.54 Å². The van der Waals surface area contributed by atoms with Gasteiger partial charge in [0.25, 0.3) is 0 Å². The van der Waals surface area contributed by atoms with Gasteiger partial charge in [-0.25, -0.2) is 0 Å². The number of hydrogen-bond acceptors (Lipinski definition) is 3. The summed E-state index contributed by atoms with van der Waals surface area (Å²) in [5.41, 5.74) is 2.31. The summed E-state index contributed by atoms with van der Waals surface area (Å²) in [5, 5.41) is 2.53. The summed E-state index contributed by atoms with van der Waals surface area (Å²) in [6.07, 6.45) is 0.450. The van der Waals surface area contributed by atoms with Crippen LogP contribution in [0.3, 0.4) is 0 Å². The van der Waals surface area contributed by atoms with Crippen LogP contribution in [0.5, 0.6) is 0 Å². The fourth-order valence-corrected chi connectivity index (χ4v) is 1.99. The monoisotopic (exact) mass is 309 g/mol. The molecular formula is C19H19NO3. The number of carbonyl (C=O) groups is 2. The van der Waals surface area contributed by atoms with Gasteiger partial charge in [0.1, 0.15) is 13.2 Å². The summed E-state index contributed by atoms with van der Waals surface area (Å²) in [6.45, 7) is 3.79. The molecule has 1 amide bonds. The minimum atomic E-state index is -0.477. The Hall–Kier alpha value is -2.88. The summed E-state index contributed by atoms with van der Waals surface area (Å²) >= 11 is 0. The minimum Gasteiger partial charge on any atom is -0.460 e. The molecule has 1 N–H and O–H groups in total. The lowest BCUT2D eigenvalue weighted by atomic mass is 10.1. The number of benzene rings is 2. The first kappa shape index (κ1) is 16.5. The Labute approximate surface area is 135 Å². The van der Waals surface area contributed by atoms with Crippen LogP contribution in [-0.2, 0) is 27.4 Å². The number of carbonyl (C=O) groups excluding carboxylic acids is 2. The van der Waals surface area contributed by atoms with E-state index in [4.69, 9.17) is 4.74 Å². The van der Waals surface area contributed by atoms with Crippen molar-refractivity contribution in [3.63, 3.8) is 0 Å². The molecule has 0 saturated heterocycles. The maximum absolute atomic E-state index is 11.9. The molecule has 0 spiro atoms. The lowest BCUT2D eigenvalue weighted by Crippen LogP contribution is -2.31.